The monoisotopic (exact) mass is 344 g/mol. The number of ether oxygens (including phenoxy) is 1. The summed E-state index contributed by atoms with van der Waals surface area (Å²) in [6.07, 6.45) is 13.4. The molecule has 0 aliphatic heterocycles. The van der Waals surface area contributed by atoms with Gasteiger partial charge in [-0.2, -0.15) is 0 Å². The second kappa shape index (κ2) is 13.1. The third-order valence-corrected chi connectivity index (χ3v) is 4.44. The molecule has 1 aromatic carbocycles. The van der Waals surface area contributed by atoms with Gasteiger partial charge < -0.3 is 4.74 Å². The first-order valence-electron chi connectivity index (χ1n) is 8.75. The molecule has 0 heterocycles. The molecule has 22 heavy (non-hydrogen) atoms. The van der Waals surface area contributed by atoms with Crippen molar-refractivity contribution in [3.05, 3.63) is 28.8 Å². The highest BCUT2D eigenvalue weighted by Crippen LogP contribution is 2.24. The molecule has 0 atom stereocenters. The van der Waals surface area contributed by atoms with Crippen LogP contribution in [0.2, 0.25) is 5.02 Å². The highest BCUT2D eigenvalue weighted by atomic mass is 35.5. The zero-order valence-electron chi connectivity index (χ0n) is 13.9. The summed E-state index contributed by atoms with van der Waals surface area (Å²) < 4.78 is 5.81. The topological polar surface area (TPSA) is 9.23 Å². The first-order valence-corrected chi connectivity index (χ1v) is 9.66. The molecule has 1 aromatic rings. The van der Waals surface area contributed by atoms with E-state index >= 15 is 0 Å². The Morgan fingerprint density at radius 3 is 2.05 bits per heavy atom. The fourth-order valence-electron chi connectivity index (χ4n) is 2.56. The first-order chi connectivity index (χ1) is 10.8. The predicted molar refractivity (Wildman–Crippen MR) is 98.3 cm³/mol. The fourth-order valence-corrected chi connectivity index (χ4v) is 2.97. The number of hydrogen-bond acceptors (Lipinski definition) is 1. The molecule has 126 valence electrons. The Morgan fingerprint density at radius 1 is 0.864 bits per heavy atom. The van der Waals surface area contributed by atoms with Crippen molar-refractivity contribution in [1.29, 1.82) is 0 Å². The van der Waals surface area contributed by atoms with Crippen LogP contribution in [0.5, 0.6) is 5.75 Å². The smallest absolute Gasteiger partial charge is 0.123 e. The molecule has 0 saturated carbocycles. The Hall–Kier alpha value is -0.400. The Balaban J connectivity index is 1.99. The molecule has 0 N–H and O–H groups in total. The van der Waals surface area contributed by atoms with Crippen LogP contribution in [0.15, 0.2) is 18.2 Å². The minimum absolute atomic E-state index is 0.438. The van der Waals surface area contributed by atoms with Crippen LogP contribution in [0, 0.1) is 0 Å². The van der Waals surface area contributed by atoms with Crippen molar-refractivity contribution in [1.82, 2.24) is 0 Å². The summed E-state index contributed by atoms with van der Waals surface area (Å²) in [6.45, 7) is 3.03. The molecule has 0 aromatic heterocycles. The molecule has 1 nitrogen and oxygen atoms in total. The molecule has 3 heteroatoms. The molecule has 0 radical (unpaired) electrons. The molecule has 1 rings (SSSR count). The van der Waals surface area contributed by atoms with E-state index in [1.807, 2.05) is 18.2 Å². The average Bonchev–Trinajstić information content (AvgIpc) is 2.53. The van der Waals surface area contributed by atoms with Crippen LogP contribution in [0.1, 0.15) is 76.7 Å². The minimum Gasteiger partial charge on any atom is -0.493 e. The zero-order chi connectivity index (χ0) is 16.0. The normalized spacial score (nSPS) is 10.9. The lowest BCUT2D eigenvalue weighted by molar-refractivity contribution is 0.302. The zero-order valence-corrected chi connectivity index (χ0v) is 15.4. The maximum Gasteiger partial charge on any atom is 0.123 e. The van der Waals surface area contributed by atoms with Gasteiger partial charge in [0.05, 0.1) is 12.5 Å². The van der Waals surface area contributed by atoms with Gasteiger partial charge >= 0.3 is 0 Å². The molecule has 0 spiro atoms. The number of halogens is 2. The number of benzene rings is 1. The number of unbranched alkanes of at least 4 members (excludes halogenated alkanes) is 9. The van der Waals surface area contributed by atoms with Gasteiger partial charge in [0.25, 0.3) is 0 Å². The molecular weight excluding hydrogens is 315 g/mol. The van der Waals surface area contributed by atoms with Gasteiger partial charge in [0, 0.05) is 10.6 Å². The Labute approximate surface area is 146 Å². The van der Waals surface area contributed by atoms with Crippen molar-refractivity contribution >= 4 is 23.2 Å². The van der Waals surface area contributed by atoms with E-state index in [4.69, 9.17) is 27.9 Å². The quantitative estimate of drug-likeness (QED) is 0.268. The molecular formula is C19H30Cl2O. The van der Waals surface area contributed by atoms with Gasteiger partial charge in [0.2, 0.25) is 0 Å². The Bertz CT molecular complexity index is 393. The lowest BCUT2D eigenvalue weighted by Crippen LogP contribution is -1.99. The second-order valence-corrected chi connectivity index (χ2v) is 6.62. The summed E-state index contributed by atoms with van der Waals surface area (Å²) in [5.74, 6) is 1.31. The minimum atomic E-state index is 0.438. The number of alkyl halides is 1. The summed E-state index contributed by atoms with van der Waals surface area (Å²) in [5, 5.41) is 0.710. The number of rotatable bonds is 13. The van der Waals surface area contributed by atoms with Gasteiger partial charge in [-0.05, 0) is 24.6 Å². The summed E-state index contributed by atoms with van der Waals surface area (Å²) in [7, 11) is 0. The predicted octanol–water partition coefficient (Wildman–Crippen LogP) is 7.38. The molecule has 0 bridgehead atoms. The Kier molecular flexibility index (Phi) is 11.7. The van der Waals surface area contributed by atoms with Crippen molar-refractivity contribution in [2.24, 2.45) is 0 Å². The molecule has 0 amide bonds. The molecule has 0 aliphatic rings. The van der Waals surface area contributed by atoms with Gasteiger partial charge in [-0.25, -0.2) is 0 Å². The molecule has 0 fully saturated rings. The van der Waals surface area contributed by atoms with Crippen LogP contribution in [-0.4, -0.2) is 6.61 Å². The van der Waals surface area contributed by atoms with E-state index in [1.54, 1.807) is 0 Å². The summed E-state index contributed by atoms with van der Waals surface area (Å²) in [5.41, 5.74) is 0.973. The molecule has 0 saturated heterocycles. The highest BCUT2D eigenvalue weighted by molar-refractivity contribution is 6.30. The fraction of sp³-hybridized carbons (Fsp3) is 0.684. The lowest BCUT2D eigenvalue weighted by atomic mass is 10.1. The van der Waals surface area contributed by atoms with Crippen molar-refractivity contribution in [2.75, 3.05) is 6.61 Å². The van der Waals surface area contributed by atoms with Crippen LogP contribution in [0.4, 0.5) is 0 Å². The van der Waals surface area contributed by atoms with Crippen LogP contribution in [-0.2, 0) is 5.88 Å². The average molecular weight is 345 g/mol. The van der Waals surface area contributed by atoms with E-state index in [2.05, 4.69) is 6.92 Å². The van der Waals surface area contributed by atoms with Crippen LogP contribution >= 0.6 is 23.2 Å². The summed E-state index contributed by atoms with van der Waals surface area (Å²) in [6, 6.07) is 5.64. The SMILES string of the molecule is CCCCCCCCCCCCOc1ccc(Cl)cc1CCl. The number of hydrogen-bond donors (Lipinski definition) is 0. The van der Waals surface area contributed by atoms with Gasteiger partial charge in [0.15, 0.2) is 0 Å². The Morgan fingerprint density at radius 2 is 1.45 bits per heavy atom. The van der Waals surface area contributed by atoms with Crippen LogP contribution in [0.25, 0.3) is 0 Å². The maximum absolute atomic E-state index is 5.95. The third kappa shape index (κ3) is 8.90. The van der Waals surface area contributed by atoms with E-state index < -0.39 is 0 Å². The first kappa shape index (κ1) is 19.6. The van der Waals surface area contributed by atoms with E-state index in [1.165, 1.54) is 57.8 Å². The third-order valence-electron chi connectivity index (χ3n) is 3.92. The highest BCUT2D eigenvalue weighted by Gasteiger charge is 2.03. The summed E-state index contributed by atoms with van der Waals surface area (Å²) in [4.78, 5) is 0. The van der Waals surface area contributed by atoms with Crippen molar-refractivity contribution in [3.63, 3.8) is 0 Å². The largest absolute Gasteiger partial charge is 0.493 e. The molecule has 0 unspecified atom stereocenters. The van der Waals surface area contributed by atoms with Gasteiger partial charge in [0.1, 0.15) is 5.75 Å². The van der Waals surface area contributed by atoms with E-state index in [9.17, 15) is 0 Å². The van der Waals surface area contributed by atoms with E-state index in [0.29, 0.717) is 10.9 Å². The van der Waals surface area contributed by atoms with E-state index in [0.717, 1.165) is 24.3 Å². The van der Waals surface area contributed by atoms with Crippen LogP contribution in [0.3, 0.4) is 0 Å². The molecule has 0 aliphatic carbocycles. The lowest BCUT2D eigenvalue weighted by Gasteiger charge is -2.10. The van der Waals surface area contributed by atoms with E-state index in [-0.39, 0.29) is 0 Å². The second-order valence-electron chi connectivity index (χ2n) is 5.92. The van der Waals surface area contributed by atoms with Crippen LogP contribution < -0.4 is 4.74 Å². The van der Waals surface area contributed by atoms with Crippen molar-refractivity contribution < 1.29 is 4.74 Å². The van der Waals surface area contributed by atoms with Crippen molar-refractivity contribution in [2.45, 2.75) is 77.0 Å². The van der Waals surface area contributed by atoms with Gasteiger partial charge in [-0.3, -0.25) is 0 Å². The summed E-state index contributed by atoms with van der Waals surface area (Å²) >= 11 is 11.9. The van der Waals surface area contributed by atoms with Gasteiger partial charge in [-0.1, -0.05) is 76.3 Å². The van der Waals surface area contributed by atoms with Gasteiger partial charge in [-0.15, -0.1) is 11.6 Å². The van der Waals surface area contributed by atoms with Crippen molar-refractivity contribution in [3.8, 4) is 5.75 Å². The standard InChI is InChI=1S/C19H30Cl2O/c1-2-3-4-5-6-7-8-9-10-11-14-22-19-13-12-18(21)15-17(19)16-20/h12-13,15H,2-11,14,16H2,1H3. The maximum atomic E-state index is 5.95.